The van der Waals surface area contributed by atoms with Gasteiger partial charge in [0.2, 0.25) is 0 Å². The van der Waals surface area contributed by atoms with E-state index in [9.17, 15) is 19.1 Å². The van der Waals surface area contributed by atoms with Crippen LogP contribution in [0.3, 0.4) is 0 Å². The summed E-state index contributed by atoms with van der Waals surface area (Å²) in [6, 6.07) is 21.1. The molecule has 1 unspecified atom stereocenters. The molecule has 4 rings (SSSR count). The first-order valence-electron chi connectivity index (χ1n) is 9.82. The van der Waals surface area contributed by atoms with Gasteiger partial charge in [0, 0.05) is 11.3 Å². The molecule has 3 aromatic carbocycles. The minimum atomic E-state index is -1.08. The lowest BCUT2D eigenvalue weighted by atomic mass is 9.94. The summed E-state index contributed by atoms with van der Waals surface area (Å²) in [6.45, 7) is 1.87. The Bertz CT molecular complexity index is 1210. The van der Waals surface area contributed by atoms with E-state index >= 15 is 0 Å². The first kappa shape index (κ1) is 20.3. The molecular formula is C26H20FNO3. The predicted molar refractivity (Wildman–Crippen MR) is 118 cm³/mol. The van der Waals surface area contributed by atoms with Crippen LogP contribution in [0.1, 0.15) is 22.7 Å². The van der Waals surface area contributed by atoms with Crippen LogP contribution < -0.4 is 4.90 Å². The van der Waals surface area contributed by atoms with Gasteiger partial charge in [-0.1, -0.05) is 66.7 Å². The standard InChI is InChI=1S/C26H20FNO3/c1-17-8-7-11-19(16-17)28-24(20-12-5-6-13-21(20)27)23(25(30)26(28)31)22(29)15-14-18-9-3-2-4-10-18/h2-16,24,30H,1H3/b15-14+. The van der Waals surface area contributed by atoms with Crippen molar-refractivity contribution in [3.8, 4) is 0 Å². The second-order valence-electron chi connectivity index (χ2n) is 7.31. The van der Waals surface area contributed by atoms with Crippen LogP contribution in [-0.2, 0) is 9.59 Å². The number of anilines is 1. The van der Waals surface area contributed by atoms with Gasteiger partial charge in [-0.15, -0.1) is 0 Å². The molecular weight excluding hydrogens is 393 g/mol. The molecule has 1 N–H and O–H groups in total. The molecule has 0 saturated heterocycles. The van der Waals surface area contributed by atoms with Gasteiger partial charge < -0.3 is 5.11 Å². The number of aryl methyl sites for hydroxylation is 1. The maximum atomic E-state index is 14.8. The van der Waals surface area contributed by atoms with E-state index in [1.54, 1.807) is 30.3 Å². The lowest BCUT2D eigenvalue weighted by molar-refractivity contribution is -0.117. The number of nitrogens with zero attached hydrogens (tertiary/aromatic N) is 1. The number of rotatable bonds is 5. The lowest BCUT2D eigenvalue weighted by Gasteiger charge is -2.27. The number of carbonyl (C=O) groups excluding carboxylic acids is 2. The number of aliphatic hydroxyl groups excluding tert-OH is 1. The molecule has 1 aliphatic rings. The van der Waals surface area contributed by atoms with Gasteiger partial charge in [0.1, 0.15) is 5.82 Å². The number of carbonyl (C=O) groups is 2. The molecule has 1 heterocycles. The average Bonchev–Trinajstić information content (AvgIpc) is 3.04. The van der Waals surface area contributed by atoms with Crippen molar-refractivity contribution < 1.29 is 19.1 Å². The van der Waals surface area contributed by atoms with E-state index in [1.807, 2.05) is 43.3 Å². The van der Waals surface area contributed by atoms with Crippen LogP contribution in [0.2, 0.25) is 0 Å². The number of hydrogen-bond donors (Lipinski definition) is 1. The summed E-state index contributed by atoms with van der Waals surface area (Å²) in [5.74, 6) is -2.53. The van der Waals surface area contributed by atoms with E-state index in [-0.39, 0.29) is 11.1 Å². The number of ketones is 1. The van der Waals surface area contributed by atoms with E-state index in [2.05, 4.69) is 0 Å². The molecule has 3 aromatic rings. The summed E-state index contributed by atoms with van der Waals surface area (Å²) >= 11 is 0. The van der Waals surface area contributed by atoms with Gasteiger partial charge in [-0.2, -0.15) is 0 Å². The van der Waals surface area contributed by atoms with E-state index in [0.29, 0.717) is 5.69 Å². The third-order valence-corrected chi connectivity index (χ3v) is 5.18. The Balaban J connectivity index is 1.82. The van der Waals surface area contributed by atoms with Crippen molar-refractivity contribution in [2.45, 2.75) is 13.0 Å². The first-order valence-corrected chi connectivity index (χ1v) is 9.82. The van der Waals surface area contributed by atoms with Crippen molar-refractivity contribution >= 4 is 23.5 Å². The SMILES string of the molecule is Cc1cccc(N2C(=O)C(O)=C(C(=O)/C=C/c3ccccc3)C2c2ccccc2F)c1. The van der Waals surface area contributed by atoms with Crippen LogP contribution in [0.25, 0.3) is 6.08 Å². The predicted octanol–water partition coefficient (Wildman–Crippen LogP) is 5.32. The third-order valence-electron chi connectivity index (χ3n) is 5.18. The molecule has 1 amide bonds. The molecule has 0 saturated carbocycles. The minimum absolute atomic E-state index is 0.137. The Morgan fingerprint density at radius 3 is 2.42 bits per heavy atom. The summed E-state index contributed by atoms with van der Waals surface area (Å²) < 4.78 is 14.8. The number of hydrogen-bond acceptors (Lipinski definition) is 3. The number of halogens is 1. The smallest absolute Gasteiger partial charge is 0.294 e. The molecule has 0 spiro atoms. The second-order valence-corrected chi connectivity index (χ2v) is 7.31. The zero-order valence-electron chi connectivity index (χ0n) is 16.8. The fourth-order valence-corrected chi connectivity index (χ4v) is 3.72. The molecule has 0 aromatic heterocycles. The highest BCUT2D eigenvalue weighted by atomic mass is 19.1. The van der Waals surface area contributed by atoms with E-state index in [0.717, 1.165) is 11.1 Å². The fourth-order valence-electron chi connectivity index (χ4n) is 3.72. The van der Waals surface area contributed by atoms with Crippen molar-refractivity contribution in [2.75, 3.05) is 4.90 Å². The summed E-state index contributed by atoms with van der Waals surface area (Å²) in [4.78, 5) is 27.4. The van der Waals surface area contributed by atoms with Gasteiger partial charge in [0.15, 0.2) is 11.5 Å². The molecule has 0 fully saturated rings. The van der Waals surface area contributed by atoms with E-state index < -0.39 is 29.3 Å². The first-order chi connectivity index (χ1) is 15.0. The van der Waals surface area contributed by atoms with E-state index in [4.69, 9.17) is 0 Å². The lowest BCUT2D eigenvalue weighted by Crippen LogP contribution is -2.31. The van der Waals surface area contributed by atoms with E-state index in [1.165, 1.54) is 29.2 Å². The zero-order chi connectivity index (χ0) is 22.0. The third kappa shape index (κ3) is 3.90. The Hall–Kier alpha value is -3.99. The van der Waals surface area contributed by atoms with Gasteiger partial charge in [0.25, 0.3) is 5.91 Å². The van der Waals surface area contributed by atoms with Gasteiger partial charge in [-0.3, -0.25) is 14.5 Å². The molecule has 1 atom stereocenters. The highest BCUT2D eigenvalue weighted by Crippen LogP contribution is 2.42. The number of amides is 1. The Kier molecular flexibility index (Phi) is 5.50. The van der Waals surface area contributed by atoms with Crippen molar-refractivity contribution in [3.63, 3.8) is 0 Å². The fraction of sp³-hybridized carbons (Fsp3) is 0.0769. The molecule has 0 bridgehead atoms. The highest BCUT2D eigenvalue weighted by molar-refractivity contribution is 6.19. The van der Waals surface area contributed by atoms with Crippen LogP contribution in [0.15, 0.2) is 96.3 Å². The summed E-state index contributed by atoms with van der Waals surface area (Å²) in [7, 11) is 0. The number of allylic oxidation sites excluding steroid dienone is 1. The monoisotopic (exact) mass is 413 g/mol. The topological polar surface area (TPSA) is 57.6 Å². The highest BCUT2D eigenvalue weighted by Gasteiger charge is 2.44. The summed E-state index contributed by atoms with van der Waals surface area (Å²) in [6.07, 6.45) is 2.89. The molecule has 154 valence electrons. The normalized spacial score (nSPS) is 16.4. The zero-order valence-corrected chi connectivity index (χ0v) is 16.8. The molecule has 1 aliphatic heterocycles. The van der Waals surface area contributed by atoms with Crippen LogP contribution in [0.5, 0.6) is 0 Å². The molecule has 5 heteroatoms. The van der Waals surface area contributed by atoms with Gasteiger partial charge >= 0.3 is 0 Å². The van der Waals surface area contributed by atoms with Crippen molar-refractivity contribution in [1.82, 2.24) is 0 Å². The Morgan fingerprint density at radius 1 is 1.00 bits per heavy atom. The molecule has 0 aliphatic carbocycles. The minimum Gasteiger partial charge on any atom is -0.503 e. The van der Waals surface area contributed by atoms with Gasteiger partial charge in [-0.25, -0.2) is 4.39 Å². The van der Waals surface area contributed by atoms with Crippen molar-refractivity contribution in [1.29, 1.82) is 0 Å². The molecule has 4 nitrogen and oxygen atoms in total. The van der Waals surface area contributed by atoms with Crippen LogP contribution in [0.4, 0.5) is 10.1 Å². The maximum absolute atomic E-state index is 14.8. The van der Waals surface area contributed by atoms with Crippen molar-refractivity contribution in [3.05, 3.63) is 119 Å². The Morgan fingerprint density at radius 2 is 1.71 bits per heavy atom. The quantitative estimate of drug-likeness (QED) is 0.576. The maximum Gasteiger partial charge on any atom is 0.294 e. The molecule has 0 radical (unpaired) electrons. The number of benzene rings is 3. The Labute approximate surface area is 179 Å². The second kappa shape index (κ2) is 8.40. The number of aliphatic hydroxyl groups is 1. The summed E-state index contributed by atoms with van der Waals surface area (Å²) in [5, 5.41) is 10.7. The van der Waals surface area contributed by atoms with Gasteiger partial charge in [-0.05, 0) is 42.3 Å². The average molecular weight is 413 g/mol. The van der Waals surface area contributed by atoms with Crippen LogP contribution >= 0.6 is 0 Å². The van der Waals surface area contributed by atoms with Crippen molar-refractivity contribution in [2.24, 2.45) is 0 Å². The summed E-state index contributed by atoms with van der Waals surface area (Å²) in [5.41, 5.74) is 2.14. The largest absolute Gasteiger partial charge is 0.503 e. The van der Waals surface area contributed by atoms with Gasteiger partial charge in [0.05, 0.1) is 11.6 Å². The molecule has 31 heavy (non-hydrogen) atoms. The van der Waals surface area contributed by atoms with Crippen LogP contribution in [0, 0.1) is 12.7 Å². The van der Waals surface area contributed by atoms with Crippen LogP contribution in [-0.4, -0.2) is 16.8 Å².